The number of nitrogens with zero attached hydrogens (tertiary/aromatic N) is 2. The molecule has 0 bridgehead atoms. The SMILES string of the molecule is CCC1CCC(c2noc(C3CSCC3O)n2)CC1. The molecule has 1 aromatic heterocycles. The van der Waals surface area contributed by atoms with Crippen molar-refractivity contribution < 1.29 is 9.63 Å². The highest BCUT2D eigenvalue weighted by Gasteiger charge is 2.33. The number of aromatic nitrogens is 2. The van der Waals surface area contributed by atoms with Gasteiger partial charge in [0.15, 0.2) is 5.82 Å². The molecule has 2 aliphatic rings. The van der Waals surface area contributed by atoms with E-state index >= 15 is 0 Å². The third kappa shape index (κ3) is 2.82. The van der Waals surface area contributed by atoms with Crippen LogP contribution in [-0.2, 0) is 0 Å². The smallest absolute Gasteiger partial charge is 0.233 e. The quantitative estimate of drug-likeness (QED) is 0.923. The van der Waals surface area contributed by atoms with E-state index in [0.29, 0.717) is 11.8 Å². The molecule has 5 heteroatoms. The summed E-state index contributed by atoms with van der Waals surface area (Å²) >= 11 is 1.76. The first-order valence-corrected chi connectivity index (χ1v) is 8.52. The minimum absolute atomic E-state index is 0.0400. The third-order valence-electron chi connectivity index (χ3n) is 4.61. The molecule has 0 amide bonds. The van der Waals surface area contributed by atoms with E-state index in [-0.39, 0.29) is 12.0 Å². The first kappa shape index (κ1) is 13.4. The van der Waals surface area contributed by atoms with Crippen LogP contribution >= 0.6 is 11.8 Å². The molecule has 0 spiro atoms. The first-order chi connectivity index (χ1) is 9.28. The Morgan fingerprint density at radius 3 is 2.68 bits per heavy atom. The summed E-state index contributed by atoms with van der Waals surface area (Å²) in [7, 11) is 0. The van der Waals surface area contributed by atoms with E-state index in [1.165, 1.54) is 32.1 Å². The molecule has 2 unspecified atom stereocenters. The Bertz CT molecular complexity index is 415. The highest BCUT2D eigenvalue weighted by Crippen LogP contribution is 2.37. The zero-order valence-electron chi connectivity index (χ0n) is 11.4. The molecule has 1 saturated carbocycles. The van der Waals surface area contributed by atoms with Gasteiger partial charge in [-0.2, -0.15) is 16.7 Å². The normalized spacial score (nSPS) is 35.7. The molecule has 0 aromatic carbocycles. The van der Waals surface area contributed by atoms with E-state index in [0.717, 1.165) is 23.2 Å². The fraction of sp³-hybridized carbons (Fsp3) is 0.857. The average Bonchev–Trinajstić information content (AvgIpc) is 3.07. The molecule has 1 aromatic rings. The molecule has 1 saturated heterocycles. The van der Waals surface area contributed by atoms with Gasteiger partial charge in [0.1, 0.15) is 0 Å². The number of hydrogen-bond acceptors (Lipinski definition) is 5. The molecule has 1 aliphatic heterocycles. The molecule has 2 heterocycles. The summed E-state index contributed by atoms with van der Waals surface area (Å²) in [4.78, 5) is 4.57. The average molecular weight is 282 g/mol. The molecular weight excluding hydrogens is 260 g/mol. The Hall–Kier alpha value is -0.550. The van der Waals surface area contributed by atoms with E-state index in [2.05, 4.69) is 17.1 Å². The molecule has 4 nitrogen and oxygen atoms in total. The Kier molecular flexibility index (Phi) is 4.12. The lowest BCUT2D eigenvalue weighted by atomic mass is 9.80. The topological polar surface area (TPSA) is 59.2 Å². The van der Waals surface area contributed by atoms with Crippen LogP contribution in [0.25, 0.3) is 0 Å². The van der Waals surface area contributed by atoms with Crippen LogP contribution < -0.4 is 0 Å². The zero-order valence-corrected chi connectivity index (χ0v) is 12.2. The number of aliphatic hydroxyl groups excluding tert-OH is 1. The third-order valence-corrected chi connectivity index (χ3v) is 5.79. The lowest BCUT2D eigenvalue weighted by Gasteiger charge is -2.25. The summed E-state index contributed by atoms with van der Waals surface area (Å²) in [5, 5.41) is 14.0. The number of rotatable bonds is 3. The van der Waals surface area contributed by atoms with Gasteiger partial charge in [0.25, 0.3) is 0 Å². The Labute approximate surface area is 118 Å². The van der Waals surface area contributed by atoms with Gasteiger partial charge in [-0.25, -0.2) is 0 Å². The Morgan fingerprint density at radius 2 is 2.05 bits per heavy atom. The van der Waals surface area contributed by atoms with Crippen molar-refractivity contribution in [3.63, 3.8) is 0 Å². The van der Waals surface area contributed by atoms with Crippen LogP contribution in [0.4, 0.5) is 0 Å². The number of aliphatic hydroxyl groups is 1. The number of hydrogen-bond donors (Lipinski definition) is 1. The summed E-state index contributed by atoms with van der Waals surface area (Å²) in [6.07, 6.45) is 5.89. The van der Waals surface area contributed by atoms with E-state index < -0.39 is 0 Å². The van der Waals surface area contributed by atoms with Crippen molar-refractivity contribution in [1.82, 2.24) is 10.1 Å². The summed E-state index contributed by atoms with van der Waals surface area (Å²) in [5.41, 5.74) is 0. The van der Waals surface area contributed by atoms with Gasteiger partial charge in [-0.15, -0.1) is 0 Å². The van der Waals surface area contributed by atoms with Gasteiger partial charge < -0.3 is 9.63 Å². The molecule has 106 valence electrons. The summed E-state index contributed by atoms with van der Waals surface area (Å²) < 4.78 is 5.39. The fourth-order valence-corrected chi connectivity index (χ4v) is 4.40. The first-order valence-electron chi connectivity index (χ1n) is 7.37. The molecule has 0 radical (unpaired) electrons. The van der Waals surface area contributed by atoms with Crippen LogP contribution in [0.1, 0.15) is 62.6 Å². The second kappa shape index (κ2) is 5.83. The van der Waals surface area contributed by atoms with Crippen molar-refractivity contribution in [2.45, 2.75) is 57.0 Å². The van der Waals surface area contributed by atoms with Crippen molar-refractivity contribution in [3.05, 3.63) is 11.7 Å². The standard InChI is InChI=1S/C14H22N2O2S/c1-2-9-3-5-10(6-4-9)13-15-14(18-16-13)11-7-19-8-12(11)17/h9-12,17H,2-8H2,1H3. The largest absolute Gasteiger partial charge is 0.391 e. The molecule has 2 atom stereocenters. The predicted octanol–water partition coefficient (Wildman–Crippen LogP) is 2.94. The van der Waals surface area contributed by atoms with E-state index in [9.17, 15) is 5.11 Å². The molecular formula is C14H22N2O2S. The van der Waals surface area contributed by atoms with Gasteiger partial charge in [-0.3, -0.25) is 0 Å². The molecule has 2 fully saturated rings. The Balaban J connectivity index is 1.65. The number of thioether (sulfide) groups is 1. The van der Waals surface area contributed by atoms with Gasteiger partial charge in [0.2, 0.25) is 5.89 Å². The maximum atomic E-state index is 9.88. The van der Waals surface area contributed by atoms with Crippen molar-refractivity contribution in [2.75, 3.05) is 11.5 Å². The van der Waals surface area contributed by atoms with Gasteiger partial charge in [-0.1, -0.05) is 18.5 Å². The monoisotopic (exact) mass is 282 g/mol. The second-order valence-electron chi connectivity index (χ2n) is 5.83. The van der Waals surface area contributed by atoms with Gasteiger partial charge >= 0.3 is 0 Å². The van der Waals surface area contributed by atoms with Crippen molar-refractivity contribution >= 4 is 11.8 Å². The summed E-state index contributed by atoms with van der Waals surface area (Å²) in [6, 6.07) is 0. The van der Waals surface area contributed by atoms with E-state index in [4.69, 9.17) is 4.52 Å². The van der Waals surface area contributed by atoms with Gasteiger partial charge in [-0.05, 0) is 31.6 Å². The highest BCUT2D eigenvalue weighted by atomic mass is 32.2. The summed E-state index contributed by atoms with van der Waals surface area (Å²) in [5.74, 6) is 4.58. The fourth-order valence-electron chi connectivity index (χ4n) is 3.17. The Morgan fingerprint density at radius 1 is 1.26 bits per heavy atom. The van der Waals surface area contributed by atoms with Crippen LogP contribution in [0.2, 0.25) is 0 Å². The maximum Gasteiger partial charge on any atom is 0.233 e. The summed E-state index contributed by atoms with van der Waals surface area (Å²) in [6.45, 7) is 2.27. The zero-order chi connectivity index (χ0) is 13.2. The second-order valence-corrected chi connectivity index (χ2v) is 6.90. The van der Waals surface area contributed by atoms with E-state index in [1.54, 1.807) is 11.8 Å². The minimum atomic E-state index is -0.325. The molecule has 1 N–H and O–H groups in total. The predicted molar refractivity (Wildman–Crippen MR) is 75.4 cm³/mol. The van der Waals surface area contributed by atoms with Crippen LogP contribution in [0.15, 0.2) is 4.52 Å². The molecule has 1 aliphatic carbocycles. The van der Waals surface area contributed by atoms with Crippen molar-refractivity contribution in [3.8, 4) is 0 Å². The van der Waals surface area contributed by atoms with Crippen molar-refractivity contribution in [1.29, 1.82) is 0 Å². The lowest BCUT2D eigenvalue weighted by molar-refractivity contribution is 0.164. The van der Waals surface area contributed by atoms with E-state index in [1.807, 2.05) is 0 Å². The highest BCUT2D eigenvalue weighted by molar-refractivity contribution is 7.99. The van der Waals surface area contributed by atoms with Crippen molar-refractivity contribution in [2.24, 2.45) is 5.92 Å². The van der Waals surface area contributed by atoms with Gasteiger partial charge in [0, 0.05) is 17.4 Å². The van der Waals surface area contributed by atoms with Crippen LogP contribution in [0.3, 0.4) is 0 Å². The molecule has 3 rings (SSSR count). The van der Waals surface area contributed by atoms with Gasteiger partial charge in [0.05, 0.1) is 12.0 Å². The van der Waals surface area contributed by atoms with Crippen LogP contribution in [-0.4, -0.2) is 32.9 Å². The lowest BCUT2D eigenvalue weighted by Crippen LogP contribution is -2.16. The maximum absolute atomic E-state index is 9.88. The minimum Gasteiger partial charge on any atom is -0.391 e. The van der Waals surface area contributed by atoms with Crippen LogP contribution in [0.5, 0.6) is 0 Å². The van der Waals surface area contributed by atoms with Crippen LogP contribution in [0, 0.1) is 5.92 Å². The molecule has 19 heavy (non-hydrogen) atoms.